The van der Waals surface area contributed by atoms with Crippen LogP contribution in [-0.4, -0.2) is 0 Å². The van der Waals surface area contributed by atoms with Crippen molar-refractivity contribution in [3.05, 3.63) is 36.1 Å². The standard InChI is InChI=1S/C16H22N2O/c1-11-5-4-7-13(9-11)16(18-17)15-10-12-6-2-3-8-14(12)19-15/h2-3,6,8,10-11,13,16,18H,4-5,7,9,17H2,1H3. The predicted molar refractivity (Wildman–Crippen MR) is 77.4 cm³/mol. The maximum Gasteiger partial charge on any atom is 0.134 e. The number of rotatable bonds is 3. The first kappa shape index (κ1) is 12.7. The van der Waals surface area contributed by atoms with E-state index in [-0.39, 0.29) is 6.04 Å². The molecule has 3 rings (SSSR count). The highest BCUT2D eigenvalue weighted by Gasteiger charge is 2.29. The topological polar surface area (TPSA) is 51.2 Å². The van der Waals surface area contributed by atoms with E-state index in [2.05, 4.69) is 24.5 Å². The van der Waals surface area contributed by atoms with Crippen LogP contribution in [0.4, 0.5) is 0 Å². The van der Waals surface area contributed by atoms with Crippen molar-refractivity contribution in [2.75, 3.05) is 0 Å². The highest BCUT2D eigenvalue weighted by Crippen LogP contribution is 2.38. The average Bonchev–Trinajstić information content (AvgIpc) is 2.83. The molecule has 2 aromatic rings. The Balaban J connectivity index is 1.88. The fourth-order valence-electron chi connectivity index (χ4n) is 3.39. The number of nitrogens with two attached hydrogens (primary N) is 1. The highest BCUT2D eigenvalue weighted by molar-refractivity contribution is 5.77. The Morgan fingerprint density at radius 3 is 2.89 bits per heavy atom. The van der Waals surface area contributed by atoms with Crippen LogP contribution in [0.15, 0.2) is 34.7 Å². The molecule has 0 saturated heterocycles. The third-order valence-electron chi connectivity index (χ3n) is 4.38. The molecule has 1 aromatic carbocycles. The van der Waals surface area contributed by atoms with Crippen molar-refractivity contribution in [1.82, 2.24) is 5.43 Å². The van der Waals surface area contributed by atoms with Crippen LogP contribution in [0, 0.1) is 11.8 Å². The van der Waals surface area contributed by atoms with Crippen LogP contribution < -0.4 is 11.3 Å². The predicted octanol–water partition coefficient (Wildman–Crippen LogP) is 3.76. The van der Waals surface area contributed by atoms with Crippen LogP contribution in [0.2, 0.25) is 0 Å². The Morgan fingerprint density at radius 2 is 2.16 bits per heavy atom. The van der Waals surface area contributed by atoms with Crippen molar-refractivity contribution >= 4 is 11.0 Å². The fourth-order valence-corrected chi connectivity index (χ4v) is 3.39. The zero-order chi connectivity index (χ0) is 13.2. The second-order valence-corrected chi connectivity index (χ2v) is 5.86. The van der Waals surface area contributed by atoms with E-state index in [1.807, 2.05) is 18.2 Å². The summed E-state index contributed by atoms with van der Waals surface area (Å²) >= 11 is 0. The Kier molecular flexibility index (Phi) is 3.58. The van der Waals surface area contributed by atoms with E-state index in [4.69, 9.17) is 10.3 Å². The van der Waals surface area contributed by atoms with E-state index in [9.17, 15) is 0 Å². The van der Waals surface area contributed by atoms with Crippen molar-refractivity contribution in [1.29, 1.82) is 0 Å². The number of fused-ring (bicyclic) bond motifs is 1. The first-order valence-corrected chi connectivity index (χ1v) is 7.22. The molecular formula is C16H22N2O. The number of para-hydroxylation sites is 1. The van der Waals surface area contributed by atoms with Gasteiger partial charge in [0.1, 0.15) is 11.3 Å². The molecule has 1 aliphatic carbocycles. The smallest absolute Gasteiger partial charge is 0.134 e. The third-order valence-corrected chi connectivity index (χ3v) is 4.38. The van der Waals surface area contributed by atoms with Gasteiger partial charge in [0.05, 0.1) is 6.04 Å². The number of hydrogen-bond donors (Lipinski definition) is 2. The average molecular weight is 258 g/mol. The highest BCUT2D eigenvalue weighted by atomic mass is 16.3. The molecule has 0 bridgehead atoms. The van der Waals surface area contributed by atoms with Gasteiger partial charge in [-0.2, -0.15) is 0 Å². The van der Waals surface area contributed by atoms with E-state index >= 15 is 0 Å². The molecule has 1 aliphatic rings. The molecule has 1 aromatic heterocycles. The van der Waals surface area contributed by atoms with Gasteiger partial charge < -0.3 is 4.42 Å². The summed E-state index contributed by atoms with van der Waals surface area (Å²) in [5, 5.41) is 1.15. The number of benzene rings is 1. The van der Waals surface area contributed by atoms with Gasteiger partial charge in [0.25, 0.3) is 0 Å². The Bertz CT molecular complexity index is 515. The van der Waals surface area contributed by atoms with Gasteiger partial charge in [-0.1, -0.05) is 38.0 Å². The summed E-state index contributed by atoms with van der Waals surface area (Å²) in [5.41, 5.74) is 3.92. The van der Waals surface area contributed by atoms with Crippen molar-refractivity contribution in [2.45, 2.75) is 38.6 Å². The summed E-state index contributed by atoms with van der Waals surface area (Å²) in [6, 6.07) is 10.4. The number of hydrogen-bond acceptors (Lipinski definition) is 3. The number of hydrazine groups is 1. The van der Waals surface area contributed by atoms with Gasteiger partial charge in [-0.05, 0) is 36.8 Å². The maximum absolute atomic E-state index is 5.97. The van der Waals surface area contributed by atoms with E-state index < -0.39 is 0 Å². The molecule has 1 heterocycles. The second-order valence-electron chi connectivity index (χ2n) is 5.86. The minimum Gasteiger partial charge on any atom is -0.459 e. The first-order chi connectivity index (χ1) is 9.28. The van der Waals surface area contributed by atoms with Gasteiger partial charge in [-0.15, -0.1) is 0 Å². The van der Waals surface area contributed by atoms with Crippen molar-refractivity contribution < 1.29 is 4.42 Å². The lowest BCUT2D eigenvalue weighted by Gasteiger charge is -2.31. The van der Waals surface area contributed by atoms with E-state index in [1.165, 1.54) is 25.7 Å². The van der Waals surface area contributed by atoms with Crippen LogP contribution in [0.1, 0.15) is 44.4 Å². The van der Waals surface area contributed by atoms with Crippen LogP contribution in [0.3, 0.4) is 0 Å². The van der Waals surface area contributed by atoms with Crippen LogP contribution in [-0.2, 0) is 0 Å². The Labute approximate surface area is 114 Å². The lowest BCUT2D eigenvalue weighted by Crippen LogP contribution is -2.35. The minimum absolute atomic E-state index is 0.134. The summed E-state index contributed by atoms with van der Waals surface area (Å²) in [7, 11) is 0. The molecule has 3 atom stereocenters. The first-order valence-electron chi connectivity index (χ1n) is 7.22. The molecule has 0 aliphatic heterocycles. The van der Waals surface area contributed by atoms with Crippen molar-refractivity contribution in [3.63, 3.8) is 0 Å². The quantitative estimate of drug-likeness (QED) is 0.651. The van der Waals surface area contributed by atoms with E-state index in [1.54, 1.807) is 0 Å². The molecule has 3 heteroatoms. The van der Waals surface area contributed by atoms with E-state index in [0.29, 0.717) is 5.92 Å². The summed E-state index contributed by atoms with van der Waals surface area (Å²) in [6.45, 7) is 2.33. The zero-order valence-corrected chi connectivity index (χ0v) is 11.4. The molecule has 0 radical (unpaired) electrons. The minimum atomic E-state index is 0.134. The summed E-state index contributed by atoms with van der Waals surface area (Å²) < 4.78 is 5.97. The molecular weight excluding hydrogens is 236 g/mol. The Hall–Kier alpha value is -1.32. The van der Waals surface area contributed by atoms with Gasteiger partial charge in [-0.25, -0.2) is 5.43 Å². The molecule has 3 nitrogen and oxygen atoms in total. The zero-order valence-electron chi connectivity index (χ0n) is 11.4. The Morgan fingerprint density at radius 1 is 1.32 bits per heavy atom. The van der Waals surface area contributed by atoms with Gasteiger partial charge in [0.15, 0.2) is 0 Å². The van der Waals surface area contributed by atoms with Crippen LogP contribution in [0.25, 0.3) is 11.0 Å². The van der Waals surface area contributed by atoms with Gasteiger partial charge >= 0.3 is 0 Å². The summed E-state index contributed by atoms with van der Waals surface area (Å²) in [6.07, 6.45) is 5.10. The van der Waals surface area contributed by atoms with Gasteiger partial charge in [-0.3, -0.25) is 5.84 Å². The SMILES string of the molecule is CC1CCCC(C(NN)c2cc3ccccc3o2)C1. The fraction of sp³-hybridized carbons (Fsp3) is 0.500. The molecule has 19 heavy (non-hydrogen) atoms. The number of nitrogens with one attached hydrogen (secondary N) is 1. The summed E-state index contributed by atoms with van der Waals surface area (Å²) in [5.74, 6) is 8.14. The normalized spacial score (nSPS) is 25.6. The van der Waals surface area contributed by atoms with Gasteiger partial charge in [0, 0.05) is 5.39 Å². The second kappa shape index (κ2) is 5.35. The maximum atomic E-state index is 5.97. The van der Waals surface area contributed by atoms with Crippen molar-refractivity contribution in [3.8, 4) is 0 Å². The molecule has 1 saturated carbocycles. The molecule has 3 N–H and O–H groups in total. The molecule has 0 amide bonds. The monoisotopic (exact) mass is 258 g/mol. The van der Waals surface area contributed by atoms with Crippen molar-refractivity contribution in [2.24, 2.45) is 17.7 Å². The van der Waals surface area contributed by atoms with Gasteiger partial charge in [0.2, 0.25) is 0 Å². The number of furan rings is 1. The molecule has 0 spiro atoms. The largest absolute Gasteiger partial charge is 0.459 e. The molecule has 1 fully saturated rings. The van der Waals surface area contributed by atoms with E-state index in [0.717, 1.165) is 22.6 Å². The lowest BCUT2D eigenvalue weighted by atomic mass is 9.78. The summed E-state index contributed by atoms with van der Waals surface area (Å²) in [4.78, 5) is 0. The lowest BCUT2D eigenvalue weighted by molar-refractivity contribution is 0.208. The van der Waals surface area contributed by atoms with Crippen LogP contribution >= 0.6 is 0 Å². The molecule has 102 valence electrons. The molecule has 3 unspecified atom stereocenters. The van der Waals surface area contributed by atoms with Crippen LogP contribution in [0.5, 0.6) is 0 Å². The third kappa shape index (κ3) is 2.53.